The normalized spacial score (nSPS) is 21.1. The van der Waals surface area contributed by atoms with E-state index in [4.69, 9.17) is 33.8 Å². The van der Waals surface area contributed by atoms with Gasteiger partial charge in [-0.2, -0.15) is 0 Å². The molecule has 0 aliphatic carbocycles. The summed E-state index contributed by atoms with van der Waals surface area (Å²) in [6.45, 7) is 0.307. The van der Waals surface area contributed by atoms with E-state index in [2.05, 4.69) is 5.92 Å². The molecule has 0 unspecified atom stereocenters. The van der Waals surface area contributed by atoms with Crippen molar-refractivity contribution in [2.45, 2.75) is 24.4 Å². The molecule has 0 aromatic heterocycles. The summed E-state index contributed by atoms with van der Waals surface area (Å²) in [5.74, 6) is 3.96. The van der Waals surface area contributed by atoms with Crippen LogP contribution in [0.5, 0.6) is 5.75 Å². The summed E-state index contributed by atoms with van der Waals surface area (Å²) in [6, 6.07) is 7.04. The molecule has 1 saturated heterocycles. The highest BCUT2D eigenvalue weighted by Crippen LogP contribution is 2.40. The lowest BCUT2D eigenvalue weighted by atomic mass is 10.0. The van der Waals surface area contributed by atoms with Crippen molar-refractivity contribution in [2.24, 2.45) is 5.73 Å². The van der Waals surface area contributed by atoms with E-state index in [0.717, 1.165) is 16.9 Å². The number of nitrogens with zero attached hydrogens (tertiary/aromatic N) is 1. The van der Waals surface area contributed by atoms with Gasteiger partial charge in [0, 0.05) is 12.2 Å². The lowest BCUT2D eigenvalue weighted by Gasteiger charge is -2.48. The zero-order chi connectivity index (χ0) is 18.0. The van der Waals surface area contributed by atoms with Crippen molar-refractivity contribution in [3.05, 3.63) is 41.1 Å². The Morgan fingerprint density at radius 1 is 1.46 bits per heavy atom. The molecule has 2 heterocycles. The number of fused-ring (bicyclic) bond motifs is 1. The number of terminal acetylenes is 1. The molecule has 2 atom stereocenters. The second-order valence-corrected chi connectivity index (χ2v) is 7.17. The van der Waals surface area contributed by atoms with Gasteiger partial charge in [0.2, 0.25) is 11.0 Å². The number of carbonyl (C=O) groups is 1. The van der Waals surface area contributed by atoms with Crippen LogP contribution in [0.4, 0.5) is 0 Å². The molecule has 2 aliphatic heterocycles. The van der Waals surface area contributed by atoms with Crippen LogP contribution in [0.2, 0.25) is 0 Å². The van der Waals surface area contributed by atoms with Crippen LogP contribution < -0.4 is 10.5 Å². The number of β-lactam (4-membered cyclic amide) rings is 1. The third-order valence-electron chi connectivity index (χ3n) is 4.13. The van der Waals surface area contributed by atoms with Crippen LogP contribution in [0.1, 0.15) is 12.0 Å². The van der Waals surface area contributed by atoms with E-state index in [1.165, 1.54) is 0 Å². The Morgan fingerprint density at radius 3 is 2.77 bits per heavy atom. The van der Waals surface area contributed by atoms with Crippen LogP contribution in [0, 0.1) is 12.3 Å². The number of rotatable bonds is 5. The molecular formula is C18H19ClN2O3S2. The first-order valence-corrected chi connectivity index (χ1v) is 9.18. The molecule has 2 N–H and O–H groups in total. The number of thiocarbonyl (C=S) groups is 1. The number of carbonyl (C=O) groups excluding carboxylic acids is 1. The Balaban J connectivity index is 0.00000243. The quantitative estimate of drug-likeness (QED) is 0.457. The fourth-order valence-electron chi connectivity index (χ4n) is 2.77. The smallest absolute Gasteiger partial charge is 0.248 e. The maximum absolute atomic E-state index is 12.2. The van der Waals surface area contributed by atoms with E-state index in [0.29, 0.717) is 24.5 Å². The average molecular weight is 411 g/mol. The summed E-state index contributed by atoms with van der Waals surface area (Å²) >= 11 is 7.06. The third kappa shape index (κ3) is 3.84. The average Bonchev–Trinajstić information content (AvgIpc) is 2.65. The van der Waals surface area contributed by atoms with Gasteiger partial charge in [0.25, 0.3) is 0 Å². The first kappa shape index (κ1) is 20.6. The van der Waals surface area contributed by atoms with Gasteiger partial charge in [-0.05, 0) is 35.5 Å². The van der Waals surface area contributed by atoms with Gasteiger partial charge in [-0.3, -0.25) is 9.69 Å². The summed E-state index contributed by atoms with van der Waals surface area (Å²) in [4.78, 5) is 13.8. The Morgan fingerprint density at radius 2 is 2.15 bits per heavy atom. The van der Waals surface area contributed by atoms with E-state index in [1.54, 1.807) is 23.8 Å². The number of halogens is 1. The second kappa shape index (κ2) is 8.78. The van der Waals surface area contributed by atoms with Gasteiger partial charge in [0.15, 0.2) is 0 Å². The first-order valence-electron chi connectivity index (χ1n) is 7.72. The van der Waals surface area contributed by atoms with Gasteiger partial charge >= 0.3 is 0 Å². The number of nitrogens with two attached hydrogens (primary N) is 1. The van der Waals surface area contributed by atoms with Crippen LogP contribution >= 0.6 is 36.4 Å². The number of ether oxygens (including phenoxy) is 2. The molecule has 8 heteroatoms. The van der Waals surface area contributed by atoms with Crippen LogP contribution in [-0.4, -0.2) is 40.1 Å². The zero-order valence-electron chi connectivity index (χ0n) is 14.1. The third-order valence-corrected chi connectivity index (χ3v) is 5.80. The Hall–Kier alpha value is -1.72. The lowest BCUT2D eigenvalue weighted by molar-refractivity contribution is -0.140. The van der Waals surface area contributed by atoms with Gasteiger partial charge in [-0.15, -0.1) is 36.5 Å². The number of methoxy groups -OCH3 is 1. The maximum atomic E-state index is 12.2. The highest BCUT2D eigenvalue weighted by Gasteiger charge is 2.51. The highest BCUT2D eigenvalue weighted by molar-refractivity contribution is 8.00. The predicted octanol–water partition coefficient (Wildman–Crippen LogP) is 2.48. The fourth-order valence-corrected chi connectivity index (χ4v) is 4.36. The van der Waals surface area contributed by atoms with Gasteiger partial charge in [-0.25, -0.2) is 0 Å². The minimum atomic E-state index is -0.489. The van der Waals surface area contributed by atoms with Crippen molar-refractivity contribution in [3.63, 3.8) is 0 Å². The molecule has 3 rings (SSSR count). The lowest BCUT2D eigenvalue weighted by Crippen LogP contribution is -2.68. The predicted molar refractivity (Wildman–Crippen MR) is 109 cm³/mol. The monoisotopic (exact) mass is 410 g/mol. The summed E-state index contributed by atoms with van der Waals surface area (Å²) < 4.78 is 10.9. The summed E-state index contributed by atoms with van der Waals surface area (Å²) in [5, 5.41) is 0.193. The van der Waals surface area contributed by atoms with Crippen LogP contribution in [0.25, 0.3) is 0 Å². The molecule has 2 aliphatic rings. The SMILES string of the molecule is C#CCC1=C(C(=S)OCc2ccc(OC)cc2)N2C(=O)[C@@H](N)[C@H]2SC1.Cl. The molecule has 1 aromatic rings. The van der Waals surface area contributed by atoms with Gasteiger partial charge in [0.1, 0.15) is 23.8 Å². The van der Waals surface area contributed by atoms with Gasteiger partial charge in [0.05, 0.1) is 12.8 Å². The fraction of sp³-hybridized carbons (Fsp3) is 0.333. The molecule has 1 fully saturated rings. The minimum Gasteiger partial charge on any atom is -0.497 e. The van der Waals surface area contributed by atoms with E-state index in [-0.39, 0.29) is 28.7 Å². The molecule has 138 valence electrons. The number of hydrogen-bond donors (Lipinski definition) is 1. The van der Waals surface area contributed by atoms with Crippen molar-refractivity contribution in [1.82, 2.24) is 4.90 Å². The molecule has 0 saturated carbocycles. The second-order valence-electron chi connectivity index (χ2n) is 5.69. The molecule has 0 radical (unpaired) electrons. The van der Waals surface area contributed by atoms with Crippen LogP contribution in [0.15, 0.2) is 35.5 Å². The van der Waals surface area contributed by atoms with E-state index >= 15 is 0 Å². The first-order chi connectivity index (χ1) is 12.1. The molecule has 0 bridgehead atoms. The van der Waals surface area contributed by atoms with E-state index in [9.17, 15) is 4.79 Å². The van der Waals surface area contributed by atoms with Crippen molar-refractivity contribution in [1.29, 1.82) is 0 Å². The molecule has 5 nitrogen and oxygen atoms in total. The molecule has 1 amide bonds. The molecule has 0 spiro atoms. The summed E-state index contributed by atoms with van der Waals surface area (Å²) in [7, 11) is 1.62. The van der Waals surface area contributed by atoms with Crippen molar-refractivity contribution in [2.75, 3.05) is 12.9 Å². The Kier molecular flexibility index (Phi) is 6.95. The van der Waals surface area contributed by atoms with Crippen LogP contribution in [0.3, 0.4) is 0 Å². The molecule has 26 heavy (non-hydrogen) atoms. The highest BCUT2D eigenvalue weighted by atomic mass is 35.5. The minimum absolute atomic E-state index is 0. The Labute approximate surface area is 168 Å². The van der Waals surface area contributed by atoms with Gasteiger partial charge < -0.3 is 15.2 Å². The zero-order valence-corrected chi connectivity index (χ0v) is 16.6. The van der Waals surface area contributed by atoms with E-state index < -0.39 is 6.04 Å². The topological polar surface area (TPSA) is 64.8 Å². The van der Waals surface area contributed by atoms with Crippen molar-refractivity contribution in [3.8, 4) is 18.1 Å². The van der Waals surface area contributed by atoms with Gasteiger partial charge in [-0.1, -0.05) is 12.1 Å². The number of amides is 1. The van der Waals surface area contributed by atoms with Crippen LogP contribution in [-0.2, 0) is 16.1 Å². The van der Waals surface area contributed by atoms with Crippen molar-refractivity contribution < 1.29 is 14.3 Å². The molecular weight excluding hydrogens is 392 g/mol. The summed E-state index contributed by atoms with van der Waals surface area (Å²) in [5.41, 5.74) is 8.39. The number of benzene rings is 1. The largest absolute Gasteiger partial charge is 0.497 e. The Bertz CT molecular complexity index is 774. The standard InChI is InChI=1S/C18H18N2O3S2.ClH/c1-3-4-12-10-25-17-14(19)16(21)20(17)15(12)18(24)23-9-11-5-7-13(22-2)8-6-11;/h1,5-8,14,17H,4,9-10,19H2,2H3;1H/t14-,17-;/m1./s1. The molecule has 1 aromatic carbocycles. The van der Waals surface area contributed by atoms with E-state index in [1.807, 2.05) is 24.3 Å². The van der Waals surface area contributed by atoms with Crippen molar-refractivity contribution >= 4 is 47.3 Å². The number of hydrogen-bond acceptors (Lipinski definition) is 6. The summed E-state index contributed by atoms with van der Waals surface area (Å²) in [6.07, 6.45) is 5.89. The number of thioether (sulfide) groups is 1. The maximum Gasteiger partial charge on any atom is 0.248 e.